The monoisotopic (exact) mass is 165 g/mol. The Hall–Kier alpha value is -1.02. The van der Waals surface area contributed by atoms with Crippen molar-refractivity contribution >= 4 is 5.69 Å². The number of aliphatic hydroxyl groups excluding tert-OH is 1. The normalized spacial score (nSPS) is 15.6. The van der Waals surface area contributed by atoms with Gasteiger partial charge in [0.1, 0.15) is 0 Å². The number of hydrogen-bond acceptors (Lipinski definition) is 2. The van der Waals surface area contributed by atoms with Gasteiger partial charge >= 0.3 is 0 Å². The summed E-state index contributed by atoms with van der Waals surface area (Å²) in [6, 6.07) is 7.64. The van der Waals surface area contributed by atoms with Crippen LogP contribution in [0.1, 0.15) is 25.3 Å². The quantitative estimate of drug-likeness (QED) is 0.656. The van der Waals surface area contributed by atoms with Gasteiger partial charge in [-0.25, -0.2) is 0 Å². The van der Waals surface area contributed by atoms with Gasteiger partial charge in [0, 0.05) is 11.6 Å². The van der Waals surface area contributed by atoms with Crippen LogP contribution in [0, 0.1) is 0 Å². The first-order chi connectivity index (χ1) is 5.63. The van der Waals surface area contributed by atoms with Crippen molar-refractivity contribution in [2.75, 3.05) is 5.73 Å². The van der Waals surface area contributed by atoms with Gasteiger partial charge in [-0.15, -0.1) is 0 Å². The molecule has 0 aliphatic carbocycles. The van der Waals surface area contributed by atoms with Crippen molar-refractivity contribution in [1.29, 1.82) is 0 Å². The zero-order valence-electron chi connectivity index (χ0n) is 7.49. The molecule has 0 spiro atoms. The lowest BCUT2D eigenvalue weighted by Gasteiger charge is -2.16. The van der Waals surface area contributed by atoms with Gasteiger partial charge in [-0.1, -0.05) is 25.1 Å². The fourth-order valence-electron chi connectivity index (χ4n) is 1.19. The minimum atomic E-state index is -0.352. The van der Waals surface area contributed by atoms with Crippen LogP contribution in [-0.4, -0.2) is 11.2 Å². The molecule has 2 atom stereocenters. The average Bonchev–Trinajstić information content (AvgIpc) is 2.04. The Morgan fingerprint density at radius 1 is 1.25 bits per heavy atom. The van der Waals surface area contributed by atoms with Gasteiger partial charge in [0.2, 0.25) is 0 Å². The fourth-order valence-corrected chi connectivity index (χ4v) is 1.19. The van der Waals surface area contributed by atoms with Gasteiger partial charge in [-0.05, 0) is 18.6 Å². The smallest absolute Gasteiger partial charge is 0.0578 e. The summed E-state index contributed by atoms with van der Waals surface area (Å²) in [5, 5.41) is 9.34. The predicted octanol–water partition coefficient (Wildman–Crippen LogP) is 1.75. The molecule has 3 N–H and O–H groups in total. The number of benzene rings is 1. The molecule has 0 aliphatic heterocycles. The molecule has 1 aromatic carbocycles. The highest BCUT2D eigenvalue weighted by molar-refractivity contribution is 5.48. The standard InChI is InChI=1S/C10H15NO/c1-7(8(2)12)9-5-3-4-6-10(9)11/h3-8,12H,11H2,1-2H3. The van der Waals surface area contributed by atoms with E-state index in [1.54, 1.807) is 6.92 Å². The largest absolute Gasteiger partial charge is 0.398 e. The van der Waals surface area contributed by atoms with Crippen LogP contribution in [-0.2, 0) is 0 Å². The average molecular weight is 165 g/mol. The Balaban J connectivity index is 2.94. The molecule has 0 aromatic heterocycles. The van der Waals surface area contributed by atoms with Gasteiger partial charge in [-0.2, -0.15) is 0 Å². The van der Waals surface area contributed by atoms with Gasteiger partial charge in [0.15, 0.2) is 0 Å². The molecule has 0 aliphatic rings. The third kappa shape index (κ3) is 1.77. The molecule has 2 unspecified atom stereocenters. The second-order valence-corrected chi connectivity index (χ2v) is 3.16. The minimum Gasteiger partial charge on any atom is -0.398 e. The van der Waals surface area contributed by atoms with Crippen LogP contribution < -0.4 is 5.73 Å². The maximum Gasteiger partial charge on any atom is 0.0578 e. The summed E-state index contributed by atoms with van der Waals surface area (Å²) in [4.78, 5) is 0. The van der Waals surface area contributed by atoms with Crippen LogP contribution in [0.25, 0.3) is 0 Å². The van der Waals surface area contributed by atoms with Gasteiger partial charge in [0.25, 0.3) is 0 Å². The molecule has 12 heavy (non-hydrogen) atoms. The second-order valence-electron chi connectivity index (χ2n) is 3.16. The van der Waals surface area contributed by atoms with Crippen LogP contribution in [0.5, 0.6) is 0 Å². The van der Waals surface area contributed by atoms with E-state index in [1.807, 2.05) is 31.2 Å². The minimum absolute atomic E-state index is 0.103. The second kappa shape index (κ2) is 3.59. The molecule has 66 valence electrons. The Kier molecular flexibility index (Phi) is 2.71. The molecular weight excluding hydrogens is 150 g/mol. The summed E-state index contributed by atoms with van der Waals surface area (Å²) in [6.45, 7) is 3.74. The Morgan fingerprint density at radius 3 is 2.33 bits per heavy atom. The number of anilines is 1. The van der Waals surface area contributed by atoms with Crippen LogP contribution in [0.2, 0.25) is 0 Å². The third-order valence-corrected chi connectivity index (χ3v) is 2.21. The lowest BCUT2D eigenvalue weighted by atomic mass is 9.95. The van der Waals surface area contributed by atoms with E-state index in [9.17, 15) is 5.11 Å². The molecule has 0 heterocycles. The lowest BCUT2D eigenvalue weighted by Crippen LogP contribution is -2.12. The Morgan fingerprint density at radius 2 is 1.83 bits per heavy atom. The first-order valence-corrected chi connectivity index (χ1v) is 4.15. The first kappa shape index (κ1) is 9.07. The molecule has 0 radical (unpaired) electrons. The molecule has 0 fully saturated rings. The van der Waals surface area contributed by atoms with Crippen molar-refractivity contribution in [3.05, 3.63) is 29.8 Å². The molecule has 0 bridgehead atoms. The highest BCUT2D eigenvalue weighted by Gasteiger charge is 2.12. The van der Waals surface area contributed by atoms with E-state index in [0.29, 0.717) is 0 Å². The van der Waals surface area contributed by atoms with Crippen molar-refractivity contribution in [3.63, 3.8) is 0 Å². The van der Waals surface area contributed by atoms with E-state index in [2.05, 4.69) is 0 Å². The van der Waals surface area contributed by atoms with Crippen molar-refractivity contribution < 1.29 is 5.11 Å². The molecule has 0 saturated heterocycles. The van der Waals surface area contributed by atoms with Crippen LogP contribution >= 0.6 is 0 Å². The summed E-state index contributed by atoms with van der Waals surface area (Å²) < 4.78 is 0. The zero-order valence-corrected chi connectivity index (χ0v) is 7.49. The molecule has 1 aromatic rings. The molecule has 2 nitrogen and oxygen atoms in total. The number of nitrogens with two attached hydrogens (primary N) is 1. The predicted molar refractivity (Wildman–Crippen MR) is 51.0 cm³/mol. The van der Waals surface area contributed by atoms with E-state index in [1.165, 1.54) is 0 Å². The number of hydrogen-bond donors (Lipinski definition) is 2. The number of nitrogen functional groups attached to an aromatic ring is 1. The Bertz CT molecular complexity index is 258. The number of aliphatic hydroxyl groups is 1. The van der Waals surface area contributed by atoms with Crippen molar-refractivity contribution in [2.24, 2.45) is 0 Å². The van der Waals surface area contributed by atoms with Gasteiger partial charge in [0.05, 0.1) is 6.10 Å². The molecule has 0 amide bonds. The fraction of sp³-hybridized carbons (Fsp3) is 0.400. The highest BCUT2D eigenvalue weighted by atomic mass is 16.3. The van der Waals surface area contributed by atoms with Crippen molar-refractivity contribution in [3.8, 4) is 0 Å². The van der Waals surface area contributed by atoms with Crippen LogP contribution in [0.4, 0.5) is 5.69 Å². The van der Waals surface area contributed by atoms with E-state index < -0.39 is 0 Å². The van der Waals surface area contributed by atoms with E-state index >= 15 is 0 Å². The van der Waals surface area contributed by atoms with E-state index in [0.717, 1.165) is 11.3 Å². The number of para-hydroxylation sites is 1. The summed E-state index contributed by atoms with van der Waals surface area (Å²) in [6.07, 6.45) is -0.352. The van der Waals surface area contributed by atoms with E-state index in [4.69, 9.17) is 5.73 Å². The molecule has 1 rings (SSSR count). The third-order valence-electron chi connectivity index (χ3n) is 2.21. The van der Waals surface area contributed by atoms with E-state index in [-0.39, 0.29) is 12.0 Å². The number of rotatable bonds is 2. The molecule has 0 saturated carbocycles. The maximum atomic E-state index is 9.34. The summed E-state index contributed by atoms with van der Waals surface area (Å²) >= 11 is 0. The van der Waals surface area contributed by atoms with Crippen molar-refractivity contribution in [2.45, 2.75) is 25.9 Å². The van der Waals surface area contributed by atoms with Crippen LogP contribution in [0.15, 0.2) is 24.3 Å². The summed E-state index contributed by atoms with van der Waals surface area (Å²) in [5.74, 6) is 0.103. The first-order valence-electron chi connectivity index (χ1n) is 4.15. The maximum absolute atomic E-state index is 9.34. The van der Waals surface area contributed by atoms with Crippen LogP contribution in [0.3, 0.4) is 0 Å². The topological polar surface area (TPSA) is 46.2 Å². The highest BCUT2D eigenvalue weighted by Crippen LogP contribution is 2.24. The Labute approximate surface area is 73.0 Å². The summed E-state index contributed by atoms with van der Waals surface area (Å²) in [5.41, 5.74) is 7.52. The molecule has 2 heteroatoms. The molecular formula is C10H15NO. The SMILES string of the molecule is CC(O)C(C)c1ccccc1N. The van der Waals surface area contributed by atoms with Gasteiger partial charge in [-0.3, -0.25) is 0 Å². The zero-order chi connectivity index (χ0) is 9.14. The van der Waals surface area contributed by atoms with Gasteiger partial charge < -0.3 is 10.8 Å². The lowest BCUT2D eigenvalue weighted by molar-refractivity contribution is 0.169. The van der Waals surface area contributed by atoms with Crippen molar-refractivity contribution in [1.82, 2.24) is 0 Å². The summed E-state index contributed by atoms with van der Waals surface area (Å²) in [7, 11) is 0.